The van der Waals surface area contributed by atoms with Crippen LogP contribution < -0.4 is 10.2 Å². The van der Waals surface area contributed by atoms with Crippen LogP contribution in [0.25, 0.3) is 0 Å². The maximum atomic E-state index is 8.25. The zero-order valence-corrected chi connectivity index (χ0v) is 8.53. The molecule has 0 aromatic heterocycles. The van der Waals surface area contributed by atoms with Crippen LogP contribution in [0.15, 0.2) is 0 Å². The summed E-state index contributed by atoms with van der Waals surface area (Å²) in [4.78, 5) is 16.5. The van der Waals surface area contributed by atoms with Crippen LogP contribution in [-0.4, -0.2) is 23.9 Å². The number of carboxylic acid groups (broad SMARTS) is 2. The van der Waals surface area contributed by atoms with Crippen molar-refractivity contribution in [2.75, 3.05) is 0 Å². The Bertz CT molecular complexity index is 32.0. The molecule has 0 aliphatic carbocycles. The second kappa shape index (κ2) is 113. The average Bonchev–Trinajstić information content (AvgIpc) is 1.39. The predicted molar refractivity (Wildman–Crippen MR) is 19.4 cm³/mol. The third-order valence-electron chi connectivity index (χ3n) is 0. The van der Waals surface area contributed by atoms with E-state index in [9.17, 15) is 0 Å². The van der Waals surface area contributed by atoms with Crippen molar-refractivity contribution in [1.82, 2.24) is 0 Å². The Kier molecular flexibility index (Phi) is 466. The van der Waals surface area contributed by atoms with Gasteiger partial charge >= 0.3 is 27.3 Å². The van der Waals surface area contributed by atoms with E-state index in [1.54, 1.807) is 0 Å². The van der Waals surface area contributed by atoms with Gasteiger partial charge in [0.2, 0.25) is 0 Å². The topological polar surface area (TPSA) is 143 Å². The van der Waals surface area contributed by atoms with Gasteiger partial charge in [-0.05, 0) is 0 Å². The third-order valence-corrected chi connectivity index (χ3v) is 0. The maximum Gasteiger partial charge on any atom is 2.00 e. The molecule has 0 saturated heterocycles. The quantitative estimate of drug-likeness (QED) is 0.307. The van der Waals surface area contributed by atoms with Crippen LogP contribution in [0.5, 0.6) is 0 Å². The fourth-order valence-corrected chi connectivity index (χ4v) is 0. The van der Waals surface area contributed by atoms with E-state index in [4.69, 9.17) is 19.8 Å². The molecule has 52 valence electrons. The largest absolute Gasteiger partial charge is 2.00 e. The minimum absolute atomic E-state index is 0. The number of rotatable bonds is 0. The number of carbonyl (C=O) groups is 2. The zero-order chi connectivity index (χ0) is 5.41. The molecule has 0 saturated carbocycles. The van der Waals surface area contributed by atoms with Crippen LogP contribution in [0.4, 0.5) is 0 Å². The molecule has 0 rings (SSSR count). The maximum absolute atomic E-state index is 8.25. The Morgan fingerprint density at radius 1 is 0.889 bits per heavy atom. The zero-order valence-electron chi connectivity index (χ0n) is 4.49. The van der Waals surface area contributed by atoms with Crippen molar-refractivity contribution in [2.24, 2.45) is 0 Å². The molecule has 0 radical (unpaired) electrons. The first kappa shape index (κ1) is 37.2. The molecule has 0 unspecified atom stereocenters. The standard InChI is InChI=1S/2CH2O2.Cd.2H2O/c2*2-1-3;;;/h2*1H,(H,2,3);;2*1H2/q;;+2;;/p-2. The van der Waals surface area contributed by atoms with E-state index in [-0.39, 0.29) is 38.3 Å². The van der Waals surface area contributed by atoms with E-state index >= 15 is 0 Å². The fourth-order valence-electron chi connectivity index (χ4n) is 0. The van der Waals surface area contributed by atoms with Crippen molar-refractivity contribution in [2.45, 2.75) is 0 Å². The van der Waals surface area contributed by atoms with Gasteiger partial charge in [-0.2, -0.15) is 0 Å². The Hall–Kier alpha value is -0.218. The molecule has 0 spiro atoms. The second-order valence-corrected chi connectivity index (χ2v) is 0.192. The van der Waals surface area contributed by atoms with E-state index in [0.717, 1.165) is 0 Å². The molecule has 9 heavy (non-hydrogen) atoms. The molecular weight excluding hydrogens is 232 g/mol. The molecule has 6 nitrogen and oxygen atoms in total. The Morgan fingerprint density at radius 2 is 0.889 bits per heavy atom. The summed E-state index contributed by atoms with van der Waals surface area (Å²) in [5, 5.41) is 16.5. The van der Waals surface area contributed by atoms with Crippen LogP contribution >= 0.6 is 0 Å². The molecule has 4 N–H and O–H groups in total. The first-order chi connectivity index (χ1) is 2.83. The fraction of sp³-hybridized carbons (Fsp3) is 0. The molecule has 0 heterocycles. The van der Waals surface area contributed by atoms with Gasteiger partial charge in [0.1, 0.15) is 0 Å². The SMILES string of the molecule is O.O.O=C[O-].O=C[O-].[Cd+2]. The van der Waals surface area contributed by atoms with Crippen molar-refractivity contribution >= 4 is 12.9 Å². The average molecular weight is 238 g/mol. The minimum atomic E-state index is -0.500. The van der Waals surface area contributed by atoms with E-state index in [0.29, 0.717) is 0 Å². The molecule has 0 fully saturated rings. The molecule has 7 heteroatoms. The Labute approximate surface area is 71.3 Å². The normalized spacial score (nSPS) is 2.67. The van der Waals surface area contributed by atoms with Crippen LogP contribution in [0.1, 0.15) is 0 Å². The predicted octanol–water partition coefficient (Wildman–Crippen LogP) is -4.92. The van der Waals surface area contributed by atoms with Crippen molar-refractivity contribution in [3.63, 3.8) is 0 Å². The van der Waals surface area contributed by atoms with Gasteiger partial charge < -0.3 is 30.8 Å². The molecule has 0 atom stereocenters. The summed E-state index contributed by atoms with van der Waals surface area (Å²) in [5.74, 6) is 0. The van der Waals surface area contributed by atoms with E-state index in [1.807, 2.05) is 0 Å². The van der Waals surface area contributed by atoms with E-state index < -0.39 is 12.9 Å². The van der Waals surface area contributed by atoms with Crippen molar-refractivity contribution in [1.29, 1.82) is 0 Å². The third kappa shape index (κ3) is 5480. The molecule has 0 aromatic rings. The van der Waals surface area contributed by atoms with Gasteiger partial charge in [-0.1, -0.05) is 0 Å². The number of carbonyl (C=O) groups excluding carboxylic acids is 2. The van der Waals surface area contributed by atoms with Crippen LogP contribution in [-0.2, 0) is 36.9 Å². The molecule has 0 bridgehead atoms. The molecular formula is C2H6CdO6. The van der Waals surface area contributed by atoms with Gasteiger partial charge in [0.15, 0.2) is 0 Å². The van der Waals surface area contributed by atoms with E-state index in [2.05, 4.69) is 0 Å². The van der Waals surface area contributed by atoms with Gasteiger partial charge in [-0.25, -0.2) is 0 Å². The number of hydrogen-bond donors (Lipinski definition) is 0. The van der Waals surface area contributed by atoms with Gasteiger partial charge in [-0.15, -0.1) is 0 Å². The first-order valence-corrected chi connectivity index (χ1v) is 0.943. The molecule has 0 aliphatic rings. The monoisotopic (exact) mass is 240 g/mol. The van der Waals surface area contributed by atoms with Gasteiger partial charge in [-0.3, -0.25) is 0 Å². The summed E-state index contributed by atoms with van der Waals surface area (Å²) in [7, 11) is 0. The van der Waals surface area contributed by atoms with Gasteiger partial charge in [0, 0.05) is 12.9 Å². The van der Waals surface area contributed by atoms with Crippen molar-refractivity contribution in [3.8, 4) is 0 Å². The van der Waals surface area contributed by atoms with Crippen LogP contribution in [0, 0.1) is 0 Å². The first-order valence-electron chi connectivity index (χ1n) is 0.943. The smallest absolute Gasteiger partial charge is 0.554 e. The van der Waals surface area contributed by atoms with Crippen molar-refractivity contribution < 1.29 is 58.1 Å². The van der Waals surface area contributed by atoms with Crippen molar-refractivity contribution in [3.05, 3.63) is 0 Å². The van der Waals surface area contributed by atoms with E-state index in [1.165, 1.54) is 0 Å². The van der Waals surface area contributed by atoms with Gasteiger partial charge in [0.25, 0.3) is 0 Å². The molecule has 0 aliphatic heterocycles. The summed E-state index contributed by atoms with van der Waals surface area (Å²) in [6.07, 6.45) is 0. The Morgan fingerprint density at radius 3 is 0.889 bits per heavy atom. The molecule has 0 amide bonds. The summed E-state index contributed by atoms with van der Waals surface area (Å²) in [5.41, 5.74) is 0. The second-order valence-electron chi connectivity index (χ2n) is 0.192. The van der Waals surface area contributed by atoms with Crippen LogP contribution in [0.3, 0.4) is 0 Å². The minimum Gasteiger partial charge on any atom is -0.554 e. The Balaban J connectivity index is -0.00000000889. The van der Waals surface area contributed by atoms with Crippen LogP contribution in [0.2, 0.25) is 0 Å². The number of hydrogen-bond acceptors (Lipinski definition) is 4. The summed E-state index contributed by atoms with van der Waals surface area (Å²) < 4.78 is 0. The summed E-state index contributed by atoms with van der Waals surface area (Å²) in [6.45, 7) is -1.00. The van der Waals surface area contributed by atoms with Gasteiger partial charge in [0.05, 0.1) is 0 Å². The molecule has 0 aromatic carbocycles. The summed E-state index contributed by atoms with van der Waals surface area (Å²) >= 11 is 0. The summed E-state index contributed by atoms with van der Waals surface area (Å²) in [6, 6.07) is 0.